The van der Waals surface area contributed by atoms with Gasteiger partial charge in [-0.3, -0.25) is 4.55 Å². The molecule has 0 amide bonds. The van der Waals surface area contributed by atoms with Gasteiger partial charge in [0.1, 0.15) is 26.5 Å². The molecule has 0 aromatic heterocycles. The minimum atomic E-state index is -4.72. The van der Waals surface area contributed by atoms with E-state index in [2.05, 4.69) is 13.8 Å². The molecule has 0 saturated carbocycles. The fraction of sp³-hybridized carbons (Fsp3) is 0.520. The maximum absolute atomic E-state index is 12.0. The van der Waals surface area contributed by atoms with Crippen molar-refractivity contribution >= 4 is 58.0 Å². The molecule has 0 aliphatic rings. The Bertz CT molecular complexity index is 1940. The van der Waals surface area contributed by atoms with Gasteiger partial charge in [0.05, 0.1) is 4.90 Å². The predicted molar refractivity (Wildman–Crippen MR) is 251 cm³/mol. The SMILES string of the molecule is CCCCCCCCCCCCCc1cccc(S(=O)(=O)O)c1Oc1ccccc1O.CCCCCCCCCCCCCc1cccc(S(=O)(=O)[O-])c1Oc1ccccc1[O-].[Ca+2]. The summed E-state index contributed by atoms with van der Waals surface area (Å²) in [5, 5.41) is 22.0. The van der Waals surface area contributed by atoms with Crippen molar-refractivity contribution in [3.63, 3.8) is 0 Å². The summed E-state index contributed by atoms with van der Waals surface area (Å²) in [4.78, 5) is -0.701. The molecule has 0 radical (unpaired) electrons. The Kier molecular flexibility index (Phi) is 28.5. The largest absolute Gasteiger partial charge is 2.00 e. The van der Waals surface area contributed by atoms with Gasteiger partial charge >= 0.3 is 37.7 Å². The molecular weight excluding hydrogens is 865 g/mol. The van der Waals surface area contributed by atoms with Gasteiger partial charge in [-0.25, -0.2) is 8.42 Å². The molecule has 0 unspecified atom stereocenters. The van der Waals surface area contributed by atoms with E-state index < -0.39 is 25.1 Å². The van der Waals surface area contributed by atoms with Gasteiger partial charge in [-0.2, -0.15) is 8.42 Å². The van der Waals surface area contributed by atoms with E-state index >= 15 is 0 Å². The van der Waals surface area contributed by atoms with Gasteiger partial charge in [0.2, 0.25) is 0 Å². The standard InChI is InChI=1S/2C25H36O5S.Ca/c2*1-2-3-4-5-6-7-8-9-10-11-12-16-21-17-15-20-24(31(27,28)29)25(21)30-23-19-14-13-18-22(23)26;/h2*13-15,17-20,26H,2-12,16H2,1H3,(H,27,28,29);/q;;+2/p-2. The van der Waals surface area contributed by atoms with Gasteiger partial charge < -0.3 is 24.2 Å². The molecule has 0 fully saturated rings. The first-order valence-electron chi connectivity index (χ1n) is 22.9. The smallest absolute Gasteiger partial charge is 0.870 e. The number of para-hydroxylation sites is 6. The summed E-state index contributed by atoms with van der Waals surface area (Å²) < 4.78 is 79.9. The fourth-order valence-electron chi connectivity index (χ4n) is 7.41. The first-order chi connectivity index (χ1) is 29.9. The van der Waals surface area contributed by atoms with Crippen LogP contribution < -0.4 is 14.6 Å². The third-order valence-corrected chi connectivity index (χ3v) is 12.6. The summed E-state index contributed by atoms with van der Waals surface area (Å²) in [5.74, 6) is -0.224. The zero-order chi connectivity index (χ0) is 45.1. The number of benzene rings is 4. The van der Waals surface area contributed by atoms with E-state index in [4.69, 9.17) is 9.47 Å². The van der Waals surface area contributed by atoms with Crippen molar-refractivity contribution in [3.8, 4) is 34.5 Å². The third-order valence-electron chi connectivity index (χ3n) is 10.9. The minimum absolute atomic E-state index is 0. The number of aromatic hydroxyl groups is 1. The fourth-order valence-corrected chi connectivity index (χ4v) is 8.71. The third kappa shape index (κ3) is 22.3. The van der Waals surface area contributed by atoms with Crippen LogP contribution in [-0.2, 0) is 33.1 Å². The number of phenols is 1. The Morgan fingerprint density at radius 3 is 1.25 bits per heavy atom. The molecule has 2 N–H and O–H groups in total. The summed E-state index contributed by atoms with van der Waals surface area (Å²) in [6, 6.07) is 21.7. The van der Waals surface area contributed by atoms with Crippen molar-refractivity contribution in [2.45, 2.75) is 178 Å². The summed E-state index contributed by atoms with van der Waals surface area (Å²) in [6.07, 6.45) is 28.2. The molecule has 10 nitrogen and oxygen atoms in total. The second-order valence-corrected chi connectivity index (χ2v) is 18.8. The molecule has 0 atom stereocenters. The molecule has 63 heavy (non-hydrogen) atoms. The number of rotatable bonds is 30. The maximum Gasteiger partial charge on any atom is 2.00 e. The molecule has 4 rings (SSSR count). The average Bonchev–Trinajstić information content (AvgIpc) is 3.24. The Labute approximate surface area is 408 Å². The molecular formula is C50H70CaO10S2. The number of hydrogen-bond acceptors (Lipinski definition) is 9. The summed E-state index contributed by atoms with van der Waals surface area (Å²) in [6.45, 7) is 4.47. The number of ether oxygens (including phenoxy) is 2. The van der Waals surface area contributed by atoms with Crippen LogP contribution in [-0.4, -0.2) is 68.8 Å². The second kappa shape index (κ2) is 31.9. The van der Waals surface area contributed by atoms with E-state index in [-0.39, 0.29) is 77.1 Å². The van der Waals surface area contributed by atoms with Crippen LogP contribution in [0.2, 0.25) is 0 Å². The molecule has 4 aromatic rings. The van der Waals surface area contributed by atoms with Gasteiger partial charge in [-0.1, -0.05) is 203 Å². The van der Waals surface area contributed by atoms with Crippen LogP contribution in [0.5, 0.6) is 34.5 Å². The Balaban J connectivity index is 0.000000427. The molecule has 0 aliphatic carbocycles. The molecule has 0 saturated heterocycles. The van der Waals surface area contributed by atoms with E-state index in [0.29, 0.717) is 24.0 Å². The van der Waals surface area contributed by atoms with Gasteiger partial charge in [0.15, 0.2) is 17.2 Å². The van der Waals surface area contributed by atoms with Crippen LogP contribution in [0.25, 0.3) is 0 Å². The first-order valence-corrected chi connectivity index (χ1v) is 25.8. The Morgan fingerprint density at radius 1 is 0.476 bits per heavy atom. The van der Waals surface area contributed by atoms with Crippen LogP contribution >= 0.6 is 0 Å². The number of hydrogen-bond donors (Lipinski definition) is 2. The minimum Gasteiger partial charge on any atom is -0.870 e. The van der Waals surface area contributed by atoms with Crippen LogP contribution in [0.3, 0.4) is 0 Å². The molecule has 0 bridgehead atoms. The second-order valence-electron chi connectivity index (χ2n) is 16.1. The molecule has 4 aromatic carbocycles. The number of unbranched alkanes of at least 4 members (excludes halogenated alkanes) is 20. The number of phenolic OH excluding ortho intramolecular Hbond substituents is 1. The van der Waals surface area contributed by atoms with Crippen molar-refractivity contribution < 1.29 is 45.6 Å². The molecule has 0 spiro atoms. The van der Waals surface area contributed by atoms with E-state index in [0.717, 1.165) is 38.5 Å². The van der Waals surface area contributed by atoms with Crippen molar-refractivity contribution in [2.75, 3.05) is 0 Å². The van der Waals surface area contributed by atoms with Gasteiger partial charge in [-0.15, -0.1) is 0 Å². The zero-order valence-corrected chi connectivity index (χ0v) is 41.6. The first kappa shape index (κ1) is 56.3. The van der Waals surface area contributed by atoms with E-state index in [9.17, 15) is 36.2 Å². The van der Waals surface area contributed by atoms with Gasteiger partial charge in [0.25, 0.3) is 10.1 Å². The van der Waals surface area contributed by atoms with Crippen molar-refractivity contribution in [1.29, 1.82) is 0 Å². The Morgan fingerprint density at radius 2 is 0.841 bits per heavy atom. The van der Waals surface area contributed by atoms with Crippen molar-refractivity contribution in [3.05, 3.63) is 96.1 Å². The van der Waals surface area contributed by atoms with Crippen molar-refractivity contribution in [2.24, 2.45) is 0 Å². The van der Waals surface area contributed by atoms with E-state index in [1.54, 1.807) is 54.6 Å². The van der Waals surface area contributed by atoms with Crippen LogP contribution in [0.4, 0.5) is 0 Å². The molecule has 0 aliphatic heterocycles. The van der Waals surface area contributed by atoms with E-state index in [1.165, 1.54) is 133 Å². The van der Waals surface area contributed by atoms with Crippen LogP contribution in [0.15, 0.2) is 94.7 Å². The monoisotopic (exact) mass is 934 g/mol. The zero-order valence-electron chi connectivity index (χ0n) is 37.7. The maximum atomic E-state index is 12.0. The van der Waals surface area contributed by atoms with Gasteiger partial charge in [-0.05, 0) is 67.1 Å². The normalized spacial score (nSPS) is 11.4. The average molecular weight is 935 g/mol. The Hall–Kier alpha value is -2.84. The molecule has 13 heteroatoms. The van der Waals surface area contributed by atoms with E-state index in [1.807, 2.05) is 0 Å². The predicted octanol–water partition coefficient (Wildman–Crippen LogP) is 13.2. The molecule has 344 valence electrons. The summed E-state index contributed by atoms with van der Waals surface area (Å²) >= 11 is 0. The van der Waals surface area contributed by atoms with Crippen molar-refractivity contribution in [1.82, 2.24) is 0 Å². The quantitative estimate of drug-likeness (QED) is 0.0291. The number of aryl methyl sites for hydroxylation is 2. The topological polar surface area (TPSA) is 173 Å². The summed E-state index contributed by atoms with van der Waals surface area (Å²) in [7, 11) is -9.17. The van der Waals surface area contributed by atoms with Crippen LogP contribution in [0, 0.1) is 0 Å². The van der Waals surface area contributed by atoms with Gasteiger partial charge in [0, 0.05) is 0 Å². The summed E-state index contributed by atoms with van der Waals surface area (Å²) in [5.41, 5.74) is 1.34. The molecule has 0 heterocycles. The van der Waals surface area contributed by atoms with Crippen LogP contribution in [0.1, 0.15) is 166 Å².